The Hall–Kier alpha value is -3.77. The number of rotatable bonds is 6. The van der Waals surface area contributed by atoms with Crippen molar-refractivity contribution in [2.75, 3.05) is 20.7 Å². The minimum Gasteiger partial charge on any atom is -0.439 e. The van der Waals surface area contributed by atoms with Gasteiger partial charge in [-0.2, -0.15) is 4.98 Å². The van der Waals surface area contributed by atoms with E-state index in [9.17, 15) is 14.7 Å². The molecule has 0 spiro atoms. The van der Waals surface area contributed by atoms with Gasteiger partial charge in [-0.05, 0) is 5.56 Å². The van der Waals surface area contributed by atoms with Gasteiger partial charge in [-0.1, -0.05) is 30.3 Å². The van der Waals surface area contributed by atoms with E-state index >= 15 is 0 Å². The first-order chi connectivity index (χ1) is 16.0. The quantitative estimate of drug-likeness (QED) is 0.409. The van der Waals surface area contributed by atoms with E-state index < -0.39 is 36.1 Å². The van der Waals surface area contributed by atoms with Crippen molar-refractivity contribution >= 4 is 29.5 Å². The molecule has 12 nitrogen and oxygen atoms in total. The molecule has 0 aliphatic carbocycles. The van der Waals surface area contributed by atoms with Crippen LogP contribution in [-0.4, -0.2) is 85.8 Å². The molecule has 2 fully saturated rings. The summed E-state index contributed by atoms with van der Waals surface area (Å²) in [7, 11) is 3.59. The molecule has 4 heterocycles. The van der Waals surface area contributed by atoms with E-state index in [4.69, 9.17) is 9.47 Å². The molecule has 5 rings (SSSR count). The van der Waals surface area contributed by atoms with Crippen LogP contribution in [0, 0.1) is 0 Å². The lowest BCUT2D eigenvalue weighted by molar-refractivity contribution is -0.0609. The number of ether oxygens (including phenoxy) is 2. The second-order valence-electron chi connectivity index (χ2n) is 8.12. The Kier molecular flexibility index (Phi) is 5.30. The topological polar surface area (TPSA) is 138 Å². The number of aromatic amines is 1. The van der Waals surface area contributed by atoms with Crippen molar-refractivity contribution < 1.29 is 19.4 Å². The summed E-state index contributed by atoms with van der Waals surface area (Å²) in [6.45, 7) is 0.0119. The number of aliphatic hydroxyl groups excluding tert-OH is 1. The third-order valence-corrected chi connectivity index (χ3v) is 5.62. The van der Waals surface area contributed by atoms with E-state index in [1.165, 1.54) is 12.7 Å². The zero-order chi connectivity index (χ0) is 23.1. The van der Waals surface area contributed by atoms with Gasteiger partial charge in [-0.15, -0.1) is 0 Å². The molecule has 1 amide bonds. The average molecular weight is 453 g/mol. The van der Waals surface area contributed by atoms with Gasteiger partial charge in [-0.25, -0.2) is 14.8 Å². The minimum absolute atomic E-state index is 0.102. The number of aromatic nitrogens is 4. The van der Waals surface area contributed by atoms with Gasteiger partial charge in [0.15, 0.2) is 23.5 Å². The van der Waals surface area contributed by atoms with Crippen molar-refractivity contribution in [3.8, 4) is 0 Å². The molecule has 0 radical (unpaired) electrons. The summed E-state index contributed by atoms with van der Waals surface area (Å²) in [5, 5.41) is 9.98. The fourth-order valence-electron chi connectivity index (χ4n) is 4.19. The Morgan fingerprint density at radius 2 is 2.06 bits per heavy atom. The van der Waals surface area contributed by atoms with Crippen molar-refractivity contribution in [2.45, 2.75) is 31.0 Å². The second kappa shape index (κ2) is 8.30. The van der Waals surface area contributed by atoms with E-state index in [-0.39, 0.29) is 23.7 Å². The number of benzene rings is 1. The molecule has 33 heavy (non-hydrogen) atoms. The molecule has 2 saturated heterocycles. The lowest BCUT2D eigenvalue weighted by Gasteiger charge is -2.23. The third-order valence-electron chi connectivity index (χ3n) is 5.62. The van der Waals surface area contributed by atoms with Gasteiger partial charge in [0.05, 0.1) is 19.3 Å². The summed E-state index contributed by atoms with van der Waals surface area (Å²) in [6, 6.07) is 8.99. The zero-order valence-electron chi connectivity index (χ0n) is 18.0. The van der Waals surface area contributed by atoms with Gasteiger partial charge in [-0.3, -0.25) is 19.2 Å². The number of amides is 1. The highest BCUT2D eigenvalue weighted by Crippen LogP contribution is 2.40. The number of imidazole rings is 1. The number of hydrogen-bond donors (Lipinski definition) is 2. The molecule has 1 unspecified atom stereocenters. The van der Waals surface area contributed by atoms with E-state index in [0.717, 1.165) is 5.56 Å². The number of H-pyrrole nitrogens is 1. The van der Waals surface area contributed by atoms with Crippen LogP contribution in [0.4, 0.5) is 10.7 Å². The van der Waals surface area contributed by atoms with Crippen molar-refractivity contribution in [1.82, 2.24) is 29.3 Å². The van der Waals surface area contributed by atoms with Gasteiger partial charge < -0.3 is 19.5 Å². The van der Waals surface area contributed by atoms with E-state index in [0.29, 0.717) is 6.54 Å². The van der Waals surface area contributed by atoms with Crippen LogP contribution in [0.25, 0.3) is 11.2 Å². The number of nitrogens with one attached hydrogen (secondary N) is 1. The number of aliphatic imine (C=N–C) groups is 1. The fourth-order valence-corrected chi connectivity index (χ4v) is 4.19. The Balaban J connectivity index is 1.50. The maximum Gasteiger partial charge on any atom is 0.411 e. The van der Waals surface area contributed by atoms with Gasteiger partial charge in [0.25, 0.3) is 5.56 Å². The SMILES string of the molecule is CN(C)/C=N\c1nc2c(ncn2[C@@H]2O[C@H](CO)[C@H]3C2OC(=O)N3Cc2ccccc2)c(=O)[nH]1. The first-order valence-electron chi connectivity index (χ1n) is 10.4. The number of aliphatic hydroxyl groups is 1. The molecule has 4 atom stereocenters. The normalized spacial score (nSPS) is 24.6. The molecule has 0 bridgehead atoms. The molecule has 2 aliphatic heterocycles. The lowest BCUT2D eigenvalue weighted by atomic mass is 10.1. The lowest BCUT2D eigenvalue weighted by Crippen LogP contribution is -2.42. The summed E-state index contributed by atoms with van der Waals surface area (Å²) in [6.07, 6.45) is 0.219. The van der Waals surface area contributed by atoms with E-state index in [2.05, 4.69) is 19.9 Å². The number of nitrogens with zero attached hydrogens (tertiary/aromatic N) is 6. The molecule has 2 aromatic heterocycles. The van der Waals surface area contributed by atoms with Gasteiger partial charge in [0.1, 0.15) is 12.1 Å². The van der Waals surface area contributed by atoms with E-state index in [1.54, 1.807) is 28.5 Å². The standard InChI is InChI=1S/C21H23N7O5/c1-26(2)10-23-20-24-17-14(18(30)25-20)22-11-28(17)19-16-15(13(9-29)32-19)27(21(31)33-16)8-12-6-4-3-5-7-12/h3-7,10-11,13,15-16,19,29H,8-9H2,1-2H3,(H,24,25,30)/b23-10-/t13-,15+,16?,19-/m1/s1. The van der Waals surface area contributed by atoms with Gasteiger partial charge in [0.2, 0.25) is 5.95 Å². The molecule has 12 heteroatoms. The largest absolute Gasteiger partial charge is 0.439 e. The molecule has 172 valence electrons. The van der Waals surface area contributed by atoms with Crippen molar-refractivity contribution in [2.24, 2.45) is 4.99 Å². The van der Waals surface area contributed by atoms with E-state index in [1.807, 2.05) is 30.3 Å². The van der Waals surface area contributed by atoms with Crippen LogP contribution in [0.5, 0.6) is 0 Å². The summed E-state index contributed by atoms with van der Waals surface area (Å²) in [5.74, 6) is 0.102. The maximum absolute atomic E-state index is 12.7. The highest BCUT2D eigenvalue weighted by Gasteiger charge is 2.57. The molecular weight excluding hydrogens is 430 g/mol. The maximum atomic E-state index is 12.7. The van der Waals surface area contributed by atoms with Gasteiger partial charge in [0, 0.05) is 20.6 Å². The Labute approximate surface area is 188 Å². The number of fused-ring (bicyclic) bond motifs is 2. The van der Waals surface area contributed by atoms with Crippen molar-refractivity contribution in [3.05, 3.63) is 52.6 Å². The summed E-state index contributed by atoms with van der Waals surface area (Å²) in [4.78, 5) is 43.8. The molecule has 1 aromatic carbocycles. The Bertz CT molecular complexity index is 1250. The predicted molar refractivity (Wildman–Crippen MR) is 117 cm³/mol. The van der Waals surface area contributed by atoms with Crippen LogP contribution >= 0.6 is 0 Å². The van der Waals surface area contributed by atoms with Crippen LogP contribution < -0.4 is 5.56 Å². The average Bonchev–Trinajstić information content (AvgIpc) is 3.46. The third kappa shape index (κ3) is 3.72. The molecule has 0 saturated carbocycles. The smallest absolute Gasteiger partial charge is 0.411 e. The monoisotopic (exact) mass is 453 g/mol. The summed E-state index contributed by atoms with van der Waals surface area (Å²) >= 11 is 0. The van der Waals surface area contributed by atoms with Crippen molar-refractivity contribution in [3.63, 3.8) is 0 Å². The van der Waals surface area contributed by atoms with Crippen LogP contribution in [-0.2, 0) is 16.0 Å². The zero-order valence-corrected chi connectivity index (χ0v) is 18.0. The number of hydrogen-bond acceptors (Lipinski definition) is 8. The minimum atomic E-state index is -0.818. The summed E-state index contributed by atoms with van der Waals surface area (Å²) in [5.41, 5.74) is 0.827. The number of carbonyl (C=O) groups is 1. The Morgan fingerprint density at radius 1 is 1.27 bits per heavy atom. The Morgan fingerprint density at radius 3 is 2.79 bits per heavy atom. The molecule has 2 aliphatic rings. The molecule has 3 aromatic rings. The van der Waals surface area contributed by atoms with Gasteiger partial charge >= 0.3 is 6.09 Å². The molecule has 2 N–H and O–H groups in total. The second-order valence-corrected chi connectivity index (χ2v) is 8.12. The number of carbonyl (C=O) groups excluding carboxylic acids is 1. The first kappa shape index (κ1) is 21.1. The van der Waals surface area contributed by atoms with Crippen LogP contribution in [0.15, 0.2) is 46.4 Å². The summed E-state index contributed by atoms with van der Waals surface area (Å²) < 4.78 is 13.3. The van der Waals surface area contributed by atoms with Crippen LogP contribution in [0.1, 0.15) is 11.8 Å². The first-order valence-corrected chi connectivity index (χ1v) is 10.4. The highest BCUT2D eigenvalue weighted by atomic mass is 16.6. The highest BCUT2D eigenvalue weighted by molar-refractivity contribution is 5.73. The predicted octanol–water partition coefficient (Wildman–Crippen LogP) is 0.620. The van der Waals surface area contributed by atoms with Crippen LogP contribution in [0.2, 0.25) is 0 Å². The van der Waals surface area contributed by atoms with Crippen molar-refractivity contribution in [1.29, 1.82) is 0 Å². The van der Waals surface area contributed by atoms with Crippen LogP contribution in [0.3, 0.4) is 0 Å². The molecular formula is C21H23N7O5. The fraction of sp³-hybridized carbons (Fsp3) is 0.381.